The highest BCUT2D eigenvalue weighted by atomic mass is 28.4. The number of ether oxygens (including phenoxy) is 2. The number of unbranched alkanes of at least 4 members (excludes halogenated alkanes) is 2. The number of carbonyl (C=O) groups excluding carboxylic acids is 1. The number of fused-ring (bicyclic) bond motifs is 2. The maximum atomic E-state index is 12.1. The largest absolute Gasteiger partial charge is 0.478 e. The van der Waals surface area contributed by atoms with Crippen molar-refractivity contribution in [2.45, 2.75) is 123 Å². The third-order valence-electron chi connectivity index (χ3n) is 9.15. The van der Waals surface area contributed by atoms with E-state index in [1.807, 2.05) is 12.1 Å². The van der Waals surface area contributed by atoms with E-state index >= 15 is 0 Å². The molecule has 1 aromatic carbocycles. The van der Waals surface area contributed by atoms with E-state index in [2.05, 4.69) is 52.9 Å². The Morgan fingerprint density at radius 1 is 1.19 bits per heavy atom. The summed E-state index contributed by atoms with van der Waals surface area (Å²) in [5, 5.41) is 9.18. The predicted octanol–water partition coefficient (Wildman–Crippen LogP) is 7.62. The fourth-order valence-electron chi connectivity index (χ4n) is 6.23. The van der Waals surface area contributed by atoms with Gasteiger partial charge in [-0.2, -0.15) is 5.26 Å². The molecule has 2 aliphatic carbocycles. The van der Waals surface area contributed by atoms with Gasteiger partial charge in [0.1, 0.15) is 17.9 Å². The molecule has 1 saturated carbocycles. The third kappa shape index (κ3) is 7.60. The third-order valence-corrected chi connectivity index (χ3v) is 13.7. The number of hydrogen-bond acceptors (Lipinski definition) is 5. The van der Waals surface area contributed by atoms with Crippen LogP contribution < -0.4 is 4.74 Å². The molecule has 5 atom stereocenters. The Balaban J connectivity index is 1.78. The van der Waals surface area contributed by atoms with Crippen molar-refractivity contribution < 1.29 is 18.7 Å². The van der Waals surface area contributed by atoms with Crippen LogP contribution in [0.5, 0.6) is 5.75 Å². The van der Waals surface area contributed by atoms with Gasteiger partial charge < -0.3 is 13.9 Å². The molecule has 0 spiro atoms. The van der Waals surface area contributed by atoms with E-state index in [4.69, 9.17) is 19.2 Å². The fraction of sp³-hybridized carbons (Fsp3) is 0.742. The monoisotopic (exact) mass is 527 g/mol. The Kier molecular flexibility index (Phi) is 10.3. The van der Waals surface area contributed by atoms with E-state index in [9.17, 15) is 4.79 Å². The second-order valence-electron chi connectivity index (χ2n) is 12.8. The summed E-state index contributed by atoms with van der Waals surface area (Å²) < 4.78 is 18.7. The zero-order chi connectivity index (χ0) is 27.2. The molecular formula is C31H49NO4Si. The minimum absolute atomic E-state index is 0.0329. The summed E-state index contributed by atoms with van der Waals surface area (Å²) >= 11 is 0. The lowest BCUT2D eigenvalue weighted by Gasteiger charge is -2.40. The van der Waals surface area contributed by atoms with Crippen LogP contribution in [0.1, 0.15) is 90.7 Å². The van der Waals surface area contributed by atoms with Crippen molar-refractivity contribution in [1.82, 2.24) is 0 Å². The van der Waals surface area contributed by atoms with Crippen molar-refractivity contribution in [2.24, 2.45) is 17.8 Å². The Bertz CT molecular complexity index is 948. The van der Waals surface area contributed by atoms with Crippen LogP contribution in [0.4, 0.5) is 0 Å². The number of carbonyl (C=O) groups is 1. The molecule has 0 radical (unpaired) electrons. The van der Waals surface area contributed by atoms with Crippen LogP contribution in [-0.2, 0) is 26.8 Å². The molecular weight excluding hydrogens is 478 g/mol. The second-order valence-corrected chi connectivity index (χ2v) is 17.5. The molecule has 1 fully saturated rings. The van der Waals surface area contributed by atoms with Gasteiger partial charge in [0.25, 0.3) is 0 Å². The zero-order valence-electron chi connectivity index (χ0n) is 24.3. The summed E-state index contributed by atoms with van der Waals surface area (Å²) in [6, 6.07) is 8.31. The molecule has 6 heteroatoms. The Hall–Kier alpha value is -1.84. The van der Waals surface area contributed by atoms with E-state index in [0.29, 0.717) is 17.8 Å². The van der Waals surface area contributed by atoms with Gasteiger partial charge in [0.05, 0.1) is 0 Å². The van der Waals surface area contributed by atoms with Crippen molar-refractivity contribution in [2.75, 3.05) is 6.61 Å². The second kappa shape index (κ2) is 12.8. The van der Waals surface area contributed by atoms with Gasteiger partial charge in [-0.3, -0.25) is 4.79 Å². The summed E-state index contributed by atoms with van der Waals surface area (Å²) in [5.74, 6) is 1.97. The quantitative estimate of drug-likeness (QED) is 0.159. The number of esters is 1. The highest BCUT2D eigenvalue weighted by Gasteiger charge is 2.47. The van der Waals surface area contributed by atoms with Crippen LogP contribution >= 0.6 is 0 Å². The van der Waals surface area contributed by atoms with Gasteiger partial charge >= 0.3 is 5.97 Å². The molecule has 0 amide bonds. The average Bonchev–Trinajstić information content (AvgIpc) is 3.13. The number of benzene rings is 1. The molecule has 0 aliphatic heterocycles. The molecule has 37 heavy (non-hydrogen) atoms. The first kappa shape index (κ1) is 29.7. The Morgan fingerprint density at radius 2 is 1.95 bits per heavy atom. The summed E-state index contributed by atoms with van der Waals surface area (Å²) in [4.78, 5) is 12.1. The molecule has 0 saturated heterocycles. The van der Waals surface area contributed by atoms with Gasteiger partial charge in [0.15, 0.2) is 14.9 Å². The van der Waals surface area contributed by atoms with Gasteiger partial charge in [-0.15, -0.1) is 0 Å². The van der Waals surface area contributed by atoms with Gasteiger partial charge in [-0.25, -0.2) is 0 Å². The summed E-state index contributed by atoms with van der Waals surface area (Å²) in [6.07, 6.45) is 9.89. The van der Waals surface area contributed by atoms with Crippen molar-refractivity contribution >= 4 is 14.3 Å². The lowest BCUT2D eigenvalue weighted by atomic mass is 9.73. The summed E-state index contributed by atoms with van der Waals surface area (Å²) in [6.45, 7) is 15.5. The summed E-state index contributed by atoms with van der Waals surface area (Å²) in [5.41, 5.74) is 2.56. The molecule has 0 N–H and O–H groups in total. The highest BCUT2D eigenvalue weighted by Crippen LogP contribution is 2.50. The first-order valence-electron chi connectivity index (χ1n) is 14.4. The van der Waals surface area contributed by atoms with E-state index in [-0.39, 0.29) is 29.8 Å². The molecule has 206 valence electrons. The maximum Gasteiger partial charge on any atom is 0.302 e. The molecule has 5 nitrogen and oxygen atoms in total. The van der Waals surface area contributed by atoms with Crippen molar-refractivity contribution in [3.05, 3.63) is 29.3 Å². The smallest absolute Gasteiger partial charge is 0.302 e. The molecule has 0 bridgehead atoms. The highest BCUT2D eigenvalue weighted by molar-refractivity contribution is 6.74. The van der Waals surface area contributed by atoms with Crippen molar-refractivity contribution in [3.8, 4) is 11.8 Å². The average molecular weight is 528 g/mol. The molecule has 1 aromatic rings. The van der Waals surface area contributed by atoms with E-state index in [1.54, 1.807) is 0 Å². The molecule has 0 heterocycles. The van der Waals surface area contributed by atoms with Crippen molar-refractivity contribution in [1.29, 1.82) is 5.26 Å². The Morgan fingerprint density at radius 3 is 2.59 bits per heavy atom. The van der Waals surface area contributed by atoms with E-state index in [0.717, 1.165) is 44.3 Å². The first-order chi connectivity index (χ1) is 17.5. The maximum absolute atomic E-state index is 12.1. The number of nitrogens with zero attached hydrogens (tertiary/aromatic N) is 1. The van der Waals surface area contributed by atoms with Gasteiger partial charge in [-0.1, -0.05) is 59.1 Å². The number of hydrogen-bond donors (Lipinski definition) is 0. The van der Waals surface area contributed by atoms with Crippen LogP contribution in [0.15, 0.2) is 18.2 Å². The SMILES string of the molecule is CCCCC[C@@H](CC[C@@H]1[C@H]2Cc3cccc(OCC#N)c3C[C@H]2C[C@H]1OC(C)=O)O[Si](C)(C)C(C)(C)C. The molecule has 3 rings (SSSR count). The molecule has 0 unspecified atom stereocenters. The van der Waals surface area contributed by atoms with Crippen LogP contribution in [0, 0.1) is 29.1 Å². The number of rotatable bonds is 12. The lowest BCUT2D eigenvalue weighted by Crippen LogP contribution is -2.44. The standard InChI is InChI=1S/C31H49NO4Si/c1-8-9-10-13-25(36-37(6,7)31(3,4)5)15-16-26-27-19-23-12-11-14-29(34-18-17-32)28(23)20-24(27)21-30(26)35-22(2)33/h11-12,14,24-27,30H,8-10,13,15-16,18-21H2,1-7H3/t24-,25-,26+,27-,30+/m0/s1. The van der Waals surface area contributed by atoms with Crippen molar-refractivity contribution in [3.63, 3.8) is 0 Å². The minimum Gasteiger partial charge on any atom is -0.478 e. The number of nitriles is 1. The predicted molar refractivity (Wildman–Crippen MR) is 151 cm³/mol. The van der Waals surface area contributed by atoms with Gasteiger partial charge in [-0.05, 0) is 91.6 Å². The molecule has 0 aromatic heterocycles. The minimum atomic E-state index is -1.87. The normalized spacial score (nSPS) is 24.1. The topological polar surface area (TPSA) is 68.5 Å². The fourth-order valence-corrected chi connectivity index (χ4v) is 7.65. The lowest BCUT2D eigenvalue weighted by molar-refractivity contribution is -0.148. The summed E-state index contributed by atoms with van der Waals surface area (Å²) in [7, 11) is -1.87. The van der Waals surface area contributed by atoms with Gasteiger partial charge in [0, 0.05) is 13.0 Å². The van der Waals surface area contributed by atoms with Crippen LogP contribution in [0.3, 0.4) is 0 Å². The Labute approximate surface area is 226 Å². The van der Waals surface area contributed by atoms with Crippen LogP contribution in [0.25, 0.3) is 0 Å². The van der Waals surface area contributed by atoms with E-state index in [1.165, 1.54) is 37.3 Å². The zero-order valence-corrected chi connectivity index (χ0v) is 25.3. The molecule has 2 aliphatic rings. The van der Waals surface area contributed by atoms with Crippen LogP contribution in [0.2, 0.25) is 18.1 Å². The van der Waals surface area contributed by atoms with E-state index < -0.39 is 8.32 Å². The van der Waals surface area contributed by atoms with Crippen LogP contribution in [-0.4, -0.2) is 33.1 Å². The first-order valence-corrected chi connectivity index (χ1v) is 17.3. The van der Waals surface area contributed by atoms with Gasteiger partial charge in [0.2, 0.25) is 0 Å².